The molecule has 1 unspecified atom stereocenters. The van der Waals surface area contributed by atoms with Crippen molar-refractivity contribution in [2.45, 2.75) is 18.9 Å². The van der Waals surface area contributed by atoms with Crippen molar-refractivity contribution in [1.29, 1.82) is 0 Å². The molecular formula is C15H19N3OS. The Labute approximate surface area is 122 Å². The molecule has 0 radical (unpaired) electrons. The van der Waals surface area contributed by atoms with Gasteiger partial charge in [0, 0.05) is 12.5 Å². The molecule has 4 N–H and O–H groups in total. The molecule has 0 aliphatic carbocycles. The zero-order valence-corrected chi connectivity index (χ0v) is 12.0. The molecule has 0 aliphatic rings. The van der Waals surface area contributed by atoms with Gasteiger partial charge in [0.15, 0.2) is 0 Å². The van der Waals surface area contributed by atoms with E-state index in [4.69, 9.17) is 10.9 Å². The Kier molecular flexibility index (Phi) is 5.58. The average molecular weight is 289 g/mol. The lowest BCUT2D eigenvalue weighted by atomic mass is 10.0. The average Bonchev–Trinajstić information content (AvgIpc) is 3.00. The lowest BCUT2D eigenvalue weighted by Gasteiger charge is -2.18. The van der Waals surface area contributed by atoms with Gasteiger partial charge in [0.1, 0.15) is 5.84 Å². The zero-order valence-electron chi connectivity index (χ0n) is 11.2. The lowest BCUT2D eigenvalue weighted by Crippen LogP contribution is -2.28. The number of hydrogen-bond acceptors (Lipinski definition) is 4. The van der Waals surface area contributed by atoms with Crippen LogP contribution in [0, 0.1) is 0 Å². The van der Waals surface area contributed by atoms with E-state index in [-0.39, 0.29) is 11.9 Å². The molecule has 1 atom stereocenters. The van der Waals surface area contributed by atoms with Crippen molar-refractivity contribution in [2.75, 3.05) is 6.54 Å². The Hall–Kier alpha value is -1.85. The highest BCUT2D eigenvalue weighted by molar-refractivity contribution is 7.07. The van der Waals surface area contributed by atoms with Gasteiger partial charge in [0.25, 0.3) is 0 Å². The topological polar surface area (TPSA) is 70.6 Å². The standard InChI is InChI=1S/C15H19N3OS/c16-15(18-19)10-14(13-4-2-1-3-5-13)17-8-6-12-7-9-20-11-12/h1-5,7,9,11,14,17,19H,6,8,10H2,(H2,16,18). The van der Waals surface area contributed by atoms with E-state index in [0.717, 1.165) is 18.5 Å². The van der Waals surface area contributed by atoms with Gasteiger partial charge in [0.2, 0.25) is 0 Å². The molecule has 0 bridgehead atoms. The highest BCUT2D eigenvalue weighted by Crippen LogP contribution is 2.16. The Balaban J connectivity index is 1.95. The Bertz CT molecular complexity index is 525. The normalized spacial score (nSPS) is 13.3. The summed E-state index contributed by atoms with van der Waals surface area (Å²) in [6.45, 7) is 0.856. The molecule has 1 aromatic carbocycles. The van der Waals surface area contributed by atoms with Gasteiger partial charge < -0.3 is 16.3 Å². The zero-order chi connectivity index (χ0) is 14.2. The Morgan fingerprint density at radius 2 is 2.10 bits per heavy atom. The van der Waals surface area contributed by atoms with Crippen molar-refractivity contribution in [3.8, 4) is 0 Å². The van der Waals surface area contributed by atoms with Gasteiger partial charge in [-0.05, 0) is 40.9 Å². The SMILES string of the molecule is NC(CC(NCCc1ccsc1)c1ccccc1)=NO. The van der Waals surface area contributed by atoms with Crippen molar-refractivity contribution in [1.82, 2.24) is 5.32 Å². The molecule has 0 fully saturated rings. The van der Waals surface area contributed by atoms with Crippen LogP contribution in [0.5, 0.6) is 0 Å². The van der Waals surface area contributed by atoms with E-state index in [1.54, 1.807) is 11.3 Å². The van der Waals surface area contributed by atoms with E-state index in [1.807, 2.05) is 30.3 Å². The summed E-state index contributed by atoms with van der Waals surface area (Å²) in [4.78, 5) is 0. The number of benzene rings is 1. The number of nitrogens with two attached hydrogens (primary N) is 1. The van der Waals surface area contributed by atoms with Crippen molar-refractivity contribution in [2.24, 2.45) is 10.9 Å². The second kappa shape index (κ2) is 7.67. The predicted octanol–water partition coefficient (Wildman–Crippen LogP) is 2.76. The summed E-state index contributed by atoms with van der Waals surface area (Å²) in [5, 5.41) is 19.5. The number of amidine groups is 1. The summed E-state index contributed by atoms with van der Waals surface area (Å²) < 4.78 is 0. The first-order valence-corrected chi connectivity index (χ1v) is 7.49. The minimum atomic E-state index is 0.0609. The molecule has 5 heteroatoms. The third-order valence-electron chi connectivity index (χ3n) is 3.13. The molecule has 0 saturated heterocycles. The van der Waals surface area contributed by atoms with Crippen molar-refractivity contribution >= 4 is 17.2 Å². The summed E-state index contributed by atoms with van der Waals surface area (Å²) in [6, 6.07) is 12.3. The van der Waals surface area contributed by atoms with E-state index in [0.29, 0.717) is 6.42 Å². The maximum Gasteiger partial charge on any atom is 0.141 e. The quantitative estimate of drug-likeness (QED) is 0.318. The highest BCUT2D eigenvalue weighted by Gasteiger charge is 2.12. The number of oxime groups is 1. The van der Waals surface area contributed by atoms with Crippen LogP contribution in [0.2, 0.25) is 0 Å². The fourth-order valence-corrected chi connectivity index (χ4v) is 2.77. The van der Waals surface area contributed by atoms with Gasteiger partial charge in [-0.1, -0.05) is 35.5 Å². The van der Waals surface area contributed by atoms with Crippen LogP contribution in [0.15, 0.2) is 52.3 Å². The summed E-state index contributed by atoms with van der Waals surface area (Å²) in [5.41, 5.74) is 8.11. The molecule has 20 heavy (non-hydrogen) atoms. The fraction of sp³-hybridized carbons (Fsp3) is 0.267. The van der Waals surface area contributed by atoms with Crippen LogP contribution in [0.25, 0.3) is 0 Å². The molecule has 4 nitrogen and oxygen atoms in total. The van der Waals surface area contributed by atoms with E-state index in [1.165, 1.54) is 5.56 Å². The Morgan fingerprint density at radius 3 is 2.75 bits per heavy atom. The summed E-state index contributed by atoms with van der Waals surface area (Å²) in [5.74, 6) is 0.238. The molecule has 0 saturated carbocycles. The molecule has 0 aliphatic heterocycles. The van der Waals surface area contributed by atoms with Gasteiger partial charge in [-0.2, -0.15) is 11.3 Å². The van der Waals surface area contributed by atoms with Crippen LogP contribution in [-0.2, 0) is 6.42 Å². The number of thiophene rings is 1. The summed E-state index contributed by atoms with van der Waals surface area (Å²) in [7, 11) is 0. The third kappa shape index (κ3) is 4.36. The molecule has 0 amide bonds. The Morgan fingerprint density at radius 1 is 1.30 bits per heavy atom. The van der Waals surface area contributed by atoms with E-state index in [2.05, 4.69) is 27.3 Å². The molecule has 2 rings (SSSR count). The van der Waals surface area contributed by atoms with Gasteiger partial charge in [-0.15, -0.1) is 0 Å². The summed E-state index contributed by atoms with van der Waals surface area (Å²) >= 11 is 1.71. The molecule has 0 spiro atoms. The van der Waals surface area contributed by atoms with E-state index in [9.17, 15) is 0 Å². The van der Waals surface area contributed by atoms with Gasteiger partial charge in [-0.3, -0.25) is 0 Å². The van der Waals surface area contributed by atoms with Crippen LogP contribution in [0.1, 0.15) is 23.6 Å². The second-order valence-electron chi connectivity index (χ2n) is 4.59. The van der Waals surface area contributed by atoms with Gasteiger partial charge >= 0.3 is 0 Å². The molecule has 1 heterocycles. The second-order valence-corrected chi connectivity index (χ2v) is 5.37. The lowest BCUT2D eigenvalue weighted by molar-refractivity contribution is 0.315. The number of rotatable bonds is 7. The molecule has 2 aromatic rings. The van der Waals surface area contributed by atoms with E-state index >= 15 is 0 Å². The number of nitrogens with one attached hydrogen (secondary N) is 1. The van der Waals surface area contributed by atoms with Crippen LogP contribution < -0.4 is 11.1 Å². The smallest absolute Gasteiger partial charge is 0.141 e. The van der Waals surface area contributed by atoms with Crippen molar-refractivity contribution in [3.05, 3.63) is 58.3 Å². The van der Waals surface area contributed by atoms with Gasteiger partial charge in [-0.25, -0.2) is 0 Å². The first kappa shape index (κ1) is 14.6. The fourth-order valence-electron chi connectivity index (χ4n) is 2.07. The number of nitrogens with zero attached hydrogens (tertiary/aromatic N) is 1. The third-order valence-corrected chi connectivity index (χ3v) is 3.86. The molecule has 106 valence electrons. The largest absolute Gasteiger partial charge is 0.409 e. The van der Waals surface area contributed by atoms with Crippen LogP contribution in [0.3, 0.4) is 0 Å². The van der Waals surface area contributed by atoms with Crippen LogP contribution in [-0.4, -0.2) is 17.6 Å². The highest BCUT2D eigenvalue weighted by atomic mass is 32.1. The van der Waals surface area contributed by atoms with Crippen molar-refractivity contribution < 1.29 is 5.21 Å². The molecular weight excluding hydrogens is 270 g/mol. The maximum absolute atomic E-state index is 8.74. The number of hydrogen-bond donors (Lipinski definition) is 3. The first-order chi connectivity index (χ1) is 9.79. The summed E-state index contributed by atoms with van der Waals surface area (Å²) in [6.07, 6.45) is 1.47. The first-order valence-electron chi connectivity index (χ1n) is 6.55. The van der Waals surface area contributed by atoms with Crippen LogP contribution in [0.4, 0.5) is 0 Å². The van der Waals surface area contributed by atoms with Crippen molar-refractivity contribution in [3.63, 3.8) is 0 Å². The van der Waals surface area contributed by atoms with Gasteiger partial charge in [0.05, 0.1) is 0 Å². The van der Waals surface area contributed by atoms with E-state index < -0.39 is 0 Å². The maximum atomic E-state index is 8.74. The predicted molar refractivity (Wildman–Crippen MR) is 83.2 cm³/mol. The minimum absolute atomic E-state index is 0.0609. The monoisotopic (exact) mass is 289 g/mol. The molecule has 1 aromatic heterocycles. The minimum Gasteiger partial charge on any atom is -0.409 e. The van der Waals surface area contributed by atoms with Crippen LogP contribution >= 0.6 is 11.3 Å².